The fourth-order valence-electron chi connectivity index (χ4n) is 6.73. The molecule has 2 aromatic carbocycles. The third kappa shape index (κ3) is 4.79. The van der Waals surface area contributed by atoms with E-state index in [9.17, 15) is 5.11 Å². The summed E-state index contributed by atoms with van der Waals surface area (Å²) in [5.41, 5.74) is 16.6. The smallest absolute Gasteiger partial charge is 0.0886 e. The second-order valence-electron chi connectivity index (χ2n) is 12.9. The largest absolute Gasteiger partial charge is 0.515 e. The Balaban J connectivity index is 1.55. The van der Waals surface area contributed by atoms with Crippen LogP contribution < -0.4 is 5.32 Å². The molecule has 5 heteroatoms. The molecule has 5 aliphatic rings. The number of aliphatic hydroxyl groups is 1. The summed E-state index contributed by atoms with van der Waals surface area (Å²) in [6.45, 7) is 13.0. The first-order chi connectivity index (χ1) is 21.1. The first-order valence-electron chi connectivity index (χ1n) is 15.1. The molecule has 0 unspecified atom stereocenters. The normalized spacial score (nSPS) is 20.9. The van der Waals surface area contributed by atoms with Crippen LogP contribution in [0.2, 0.25) is 0 Å². The minimum Gasteiger partial charge on any atom is -0.515 e. The number of hydrogen-bond acceptors (Lipinski definition) is 5. The van der Waals surface area contributed by atoms with Gasteiger partial charge in [0.25, 0.3) is 0 Å². The van der Waals surface area contributed by atoms with E-state index in [1.54, 1.807) is 0 Å². The number of aliphatic hydroxyl groups excluding tert-OH is 1. The molecule has 1 fully saturated rings. The fraction of sp³-hybridized carbons (Fsp3) is 0.205. The van der Waals surface area contributed by atoms with E-state index in [2.05, 4.69) is 120 Å². The van der Waals surface area contributed by atoms with E-state index in [1.165, 1.54) is 11.1 Å². The van der Waals surface area contributed by atoms with Crippen molar-refractivity contribution in [3.63, 3.8) is 0 Å². The van der Waals surface area contributed by atoms with Gasteiger partial charge < -0.3 is 10.4 Å². The Hall–Kier alpha value is -5.03. The van der Waals surface area contributed by atoms with Gasteiger partial charge in [-0.15, -0.1) is 0 Å². The Morgan fingerprint density at radius 1 is 0.750 bits per heavy atom. The Bertz CT molecular complexity index is 1970. The van der Waals surface area contributed by atoms with Crippen LogP contribution in [0.5, 0.6) is 0 Å². The number of aryl methyl sites for hydroxylation is 4. The highest BCUT2D eigenvalue weighted by Gasteiger charge is 2.34. The van der Waals surface area contributed by atoms with Gasteiger partial charge in [0, 0.05) is 33.5 Å². The SMILES string of the molecule is Cc1ccc(C2=C3C=CC(=N3)C=C3NC(=CC4=NC(=C/C4=C/O)C(c4c(C)cc(C)cc4C)=C4C=CC2=N4)CC3(C)C)cc1. The van der Waals surface area contributed by atoms with E-state index in [4.69, 9.17) is 15.0 Å². The van der Waals surface area contributed by atoms with Crippen molar-refractivity contribution in [2.75, 3.05) is 0 Å². The molecule has 5 heterocycles. The van der Waals surface area contributed by atoms with Gasteiger partial charge in [-0.2, -0.15) is 0 Å². The maximum Gasteiger partial charge on any atom is 0.0886 e. The molecule has 0 radical (unpaired) electrons. The van der Waals surface area contributed by atoms with Gasteiger partial charge in [-0.25, -0.2) is 15.0 Å². The predicted octanol–water partition coefficient (Wildman–Crippen LogP) is 8.65. The molecule has 2 aromatic rings. The molecule has 2 N–H and O–H groups in total. The number of aliphatic imine (C=N–C) groups is 3. The van der Waals surface area contributed by atoms with E-state index in [-0.39, 0.29) is 5.41 Å². The van der Waals surface area contributed by atoms with Gasteiger partial charge in [-0.3, -0.25) is 0 Å². The lowest BCUT2D eigenvalue weighted by Crippen LogP contribution is -2.14. The van der Waals surface area contributed by atoms with E-state index in [0.29, 0.717) is 5.57 Å². The van der Waals surface area contributed by atoms with Gasteiger partial charge in [0.15, 0.2) is 0 Å². The van der Waals surface area contributed by atoms with Crippen molar-refractivity contribution in [3.8, 4) is 0 Å². The van der Waals surface area contributed by atoms with E-state index >= 15 is 0 Å². The van der Waals surface area contributed by atoms with Crippen molar-refractivity contribution in [2.45, 2.75) is 48.0 Å². The zero-order valence-electron chi connectivity index (χ0n) is 26.1. The van der Waals surface area contributed by atoms with Gasteiger partial charge in [-0.1, -0.05) is 61.4 Å². The van der Waals surface area contributed by atoms with Crippen LogP contribution in [0.15, 0.2) is 134 Å². The molecule has 8 bridgehead atoms. The number of nitrogens with one attached hydrogen (secondary N) is 1. The van der Waals surface area contributed by atoms with Crippen LogP contribution in [0.3, 0.4) is 0 Å². The molecule has 218 valence electrons. The van der Waals surface area contributed by atoms with Crippen molar-refractivity contribution < 1.29 is 5.11 Å². The molecule has 0 amide bonds. The lowest BCUT2D eigenvalue weighted by Gasteiger charge is -2.17. The molecular formula is C39H36N4O. The lowest BCUT2D eigenvalue weighted by atomic mass is 9.87. The van der Waals surface area contributed by atoms with Crippen molar-refractivity contribution in [3.05, 3.63) is 153 Å². The number of fused-ring (bicyclic) bond motifs is 5. The highest BCUT2D eigenvalue weighted by atomic mass is 16.2. The number of nitrogens with zero attached hydrogens (tertiary/aromatic N) is 3. The molecule has 44 heavy (non-hydrogen) atoms. The number of benzene rings is 2. The summed E-state index contributed by atoms with van der Waals surface area (Å²) in [6, 6.07) is 13.0. The molecule has 5 nitrogen and oxygen atoms in total. The second kappa shape index (κ2) is 10.3. The zero-order valence-corrected chi connectivity index (χ0v) is 26.1. The average Bonchev–Trinajstić information content (AvgIpc) is 3.75. The quantitative estimate of drug-likeness (QED) is 0.351. The van der Waals surface area contributed by atoms with E-state index in [1.807, 2.05) is 6.08 Å². The summed E-state index contributed by atoms with van der Waals surface area (Å²) < 4.78 is 0. The Morgan fingerprint density at radius 3 is 2.18 bits per heavy atom. The third-order valence-electron chi connectivity index (χ3n) is 8.82. The van der Waals surface area contributed by atoms with Crippen LogP contribution in [0.4, 0.5) is 0 Å². The van der Waals surface area contributed by atoms with Gasteiger partial charge in [0.05, 0.1) is 40.5 Å². The standard InChI is InChI=1S/C39H36N4O/c1-22-7-9-26(10-8-22)37-30-12-11-28(40-30)19-35-39(5,6)20-29(41-35)18-33-27(21-44)17-34(43-33)38(32-14-13-31(37)42-32)36-24(3)15-23(2)16-25(36)4/h7-19,21,41,44H,20H2,1-6H3/b27-21-,29-18?,35-19?,37-30?,38-32?. The van der Waals surface area contributed by atoms with E-state index in [0.717, 1.165) is 91.7 Å². The molecule has 5 aliphatic heterocycles. The minimum absolute atomic E-state index is 0.115. The number of hydrogen-bond donors (Lipinski definition) is 2. The molecule has 0 aromatic heterocycles. The zero-order chi connectivity index (χ0) is 30.7. The molecule has 0 aliphatic carbocycles. The fourth-order valence-corrected chi connectivity index (χ4v) is 6.73. The lowest BCUT2D eigenvalue weighted by molar-refractivity contribution is 0.471. The Morgan fingerprint density at radius 2 is 1.45 bits per heavy atom. The second-order valence-corrected chi connectivity index (χ2v) is 12.9. The number of rotatable bonds is 2. The van der Waals surface area contributed by atoms with Crippen LogP contribution >= 0.6 is 0 Å². The third-order valence-corrected chi connectivity index (χ3v) is 8.82. The van der Waals surface area contributed by atoms with Gasteiger partial charge in [0.1, 0.15) is 0 Å². The summed E-state index contributed by atoms with van der Waals surface area (Å²) in [4.78, 5) is 15.6. The Labute approximate surface area is 259 Å². The topological polar surface area (TPSA) is 69.3 Å². The van der Waals surface area contributed by atoms with Crippen molar-refractivity contribution >= 4 is 28.3 Å². The first-order valence-corrected chi connectivity index (χ1v) is 15.1. The highest BCUT2D eigenvalue weighted by molar-refractivity contribution is 6.32. The van der Waals surface area contributed by atoms with Crippen LogP contribution in [0.25, 0.3) is 11.1 Å². The molecular weight excluding hydrogens is 540 g/mol. The number of allylic oxidation sites excluding steroid dienone is 12. The van der Waals surface area contributed by atoms with Crippen molar-refractivity contribution in [1.29, 1.82) is 0 Å². The molecule has 0 saturated carbocycles. The van der Waals surface area contributed by atoms with Crippen LogP contribution in [-0.2, 0) is 0 Å². The van der Waals surface area contributed by atoms with Crippen LogP contribution in [0, 0.1) is 33.1 Å². The van der Waals surface area contributed by atoms with Crippen molar-refractivity contribution in [1.82, 2.24) is 5.32 Å². The molecule has 0 atom stereocenters. The molecule has 0 spiro atoms. The predicted molar refractivity (Wildman–Crippen MR) is 183 cm³/mol. The van der Waals surface area contributed by atoms with Crippen molar-refractivity contribution in [2.24, 2.45) is 20.4 Å². The molecule has 1 saturated heterocycles. The van der Waals surface area contributed by atoms with E-state index < -0.39 is 0 Å². The average molecular weight is 577 g/mol. The monoisotopic (exact) mass is 576 g/mol. The Kier molecular flexibility index (Phi) is 6.51. The van der Waals surface area contributed by atoms with Crippen LogP contribution in [0.1, 0.15) is 53.6 Å². The first kappa shape index (κ1) is 27.8. The highest BCUT2D eigenvalue weighted by Crippen LogP contribution is 2.42. The summed E-state index contributed by atoms with van der Waals surface area (Å²) in [5, 5.41) is 14.0. The van der Waals surface area contributed by atoms with Gasteiger partial charge >= 0.3 is 0 Å². The maximum absolute atomic E-state index is 10.3. The maximum atomic E-state index is 10.3. The minimum atomic E-state index is -0.115. The van der Waals surface area contributed by atoms with Gasteiger partial charge in [-0.05, 0) is 98.9 Å². The summed E-state index contributed by atoms with van der Waals surface area (Å²) in [5.74, 6) is 0. The van der Waals surface area contributed by atoms with Crippen LogP contribution in [-0.4, -0.2) is 22.2 Å². The summed E-state index contributed by atoms with van der Waals surface area (Å²) >= 11 is 0. The van der Waals surface area contributed by atoms with Gasteiger partial charge in [0.2, 0.25) is 0 Å². The molecule has 7 rings (SSSR count). The summed E-state index contributed by atoms with van der Waals surface area (Å²) in [7, 11) is 0. The summed E-state index contributed by atoms with van der Waals surface area (Å²) in [6.07, 6.45) is 16.5.